The lowest BCUT2D eigenvalue weighted by Crippen LogP contribution is -2.54. The fourth-order valence-corrected chi connectivity index (χ4v) is 4.79. The fraction of sp³-hybridized carbons (Fsp3) is 0.160. The second-order valence-electron chi connectivity index (χ2n) is 8.09. The van der Waals surface area contributed by atoms with Crippen molar-refractivity contribution in [3.05, 3.63) is 83.4 Å². The topological polar surface area (TPSA) is 62.3 Å². The summed E-state index contributed by atoms with van der Waals surface area (Å²) in [6.45, 7) is 2.51. The van der Waals surface area contributed by atoms with Crippen LogP contribution in [0.25, 0.3) is 20.8 Å². The summed E-state index contributed by atoms with van der Waals surface area (Å²) >= 11 is 1.62. The SMILES string of the molecule is Cc1ccc2nc(-c3ccc(NC(=O)C4CN(C(=O)c5ccc(F)c(F)c5)C4)cc3)sc2c1. The van der Waals surface area contributed by atoms with Gasteiger partial charge in [-0.3, -0.25) is 9.59 Å². The molecule has 1 fully saturated rings. The largest absolute Gasteiger partial charge is 0.337 e. The predicted octanol–water partition coefficient (Wildman–Crippen LogP) is 5.26. The first-order chi connectivity index (χ1) is 15.9. The lowest BCUT2D eigenvalue weighted by atomic mass is 9.97. The summed E-state index contributed by atoms with van der Waals surface area (Å²) < 4.78 is 27.6. The van der Waals surface area contributed by atoms with Crippen molar-refractivity contribution in [2.45, 2.75) is 6.92 Å². The number of rotatable bonds is 4. The Bertz CT molecular complexity index is 1380. The summed E-state index contributed by atoms with van der Waals surface area (Å²) in [5.41, 5.74) is 3.85. The molecule has 1 N–H and O–H groups in total. The maximum absolute atomic E-state index is 13.4. The molecular weight excluding hydrogens is 444 g/mol. The van der Waals surface area contributed by atoms with Crippen molar-refractivity contribution < 1.29 is 18.4 Å². The molecule has 0 saturated carbocycles. The lowest BCUT2D eigenvalue weighted by Gasteiger charge is -2.38. The van der Waals surface area contributed by atoms with Crippen molar-refractivity contribution >= 4 is 39.1 Å². The van der Waals surface area contributed by atoms with Crippen LogP contribution in [0.3, 0.4) is 0 Å². The van der Waals surface area contributed by atoms with Gasteiger partial charge in [0.25, 0.3) is 5.91 Å². The van der Waals surface area contributed by atoms with Gasteiger partial charge in [-0.25, -0.2) is 13.8 Å². The fourth-order valence-electron chi connectivity index (χ4n) is 3.72. The molecule has 1 aliphatic rings. The molecule has 0 unspecified atom stereocenters. The van der Waals surface area contributed by atoms with Crippen LogP contribution in [0.1, 0.15) is 15.9 Å². The zero-order valence-electron chi connectivity index (χ0n) is 17.6. The first-order valence-electron chi connectivity index (χ1n) is 10.4. The minimum absolute atomic E-state index is 0.0633. The number of carbonyl (C=O) groups is 2. The van der Waals surface area contributed by atoms with Crippen molar-refractivity contribution in [3.63, 3.8) is 0 Å². The highest BCUT2D eigenvalue weighted by atomic mass is 32.1. The van der Waals surface area contributed by atoms with Gasteiger partial charge in [0.1, 0.15) is 5.01 Å². The van der Waals surface area contributed by atoms with E-state index in [1.54, 1.807) is 11.3 Å². The molecule has 166 valence electrons. The number of fused-ring (bicyclic) bond motifs is 1. The minimum Gasteiger partial charge on any atom is -0.337 e. The number of anilines is 1. The number of nitrogens with zero attached hydrogens (tertiary/aromatic N) is 2. The zero-order valence-corrected chi connectivity index (χ0v) is 18.5. The van der Waals surface area contributed by atoms with Crippen LogP contribution in [-0.4, -0.2) is 34.8 Å². The highest BCUT2D eigenvalue weighted by Gasteiger charge is 2.36. The first kappa shape index (κ1) is 21.2. The van der Waals surface area contributed by atoms with E-state index in [0.29, 0.717) is 5.69 Å². The van der Waals surface area contributed by atoms with Crippen LogP contribution >= 0.6 is 11.3 Å². The van der Waals surface area contributed by atoms with Crippen LogP contribution in [0.2, 0.25) is 0 Å². The Balaban J connectivity index is 1.19. The van der Waals surface area contributed by atoms with Gasteiger partial charge in [-0.2, -0.15) is 0 Å². The Kier molecular flexibility index (Phi) is 5.38. The standard InChI is InChI=1S/C25H19F2N3O2S/c1-14-2-9-21-22(10-14)33-24(29-21)15-3-6-18(7-4-15)28-23(31)17-12-30(13-17)25(32)16-5-8-19(26)20(27)11-16/h2-11,17H,12-13H2,1H3,(H,28,31). The number of halogens is 2. The van der Waals surface area contributed by atoms with Gasteiger partial charge in [-0.15, -0.1) is 11.3 Å². The third kappa shape index (κ3) is 4.21. The van der Waals surface area contributed by atoms with Crippen molar-refractivity contribution in [3.8, 4) is 10.6 Å². The van der Waals surface area contributed by atoms with Gasteiger partial charge in [0.15, 0.2) is 11.6 Å². The van der Waals surface area contributed by atoms with Gasteiger partial charge >= 0.3 is 0 Å². The van der Waals surface area contributed by atoms with Crippen LogP contribution in [-0.2, 0) is 4.79 Å². The Morgan fingerprint density at radius 3 is 2.48 bits per heavy atom. The number of nitrogens with one attached hydrogen (secondary N) is 1. The number of hydrogen-bond donors (Lipinski definition) is 1. The molecule has 1 aliphatic heterocycles. The molecule has 1 aromatic heterocycles. The molecule has 0 radical (unpaired) electrons. The monoisotopic (exact) mass is 463 g/mol. The number of aryl methyl sites for hydroxylation is 1. The zero-order chi connectivity index (χ0) is 23.1. The molecule has 2 heterocycles. The van der Waals surface area contributed by atoms with Gasteiger partial charge in [0, 0.05) is 29.9 Å². The van der Waals surface area contributed by atoms with Crippen LogP contribution in [0, 0.1) is 24.5 Å². The van der Waals surface area contributed by atoms with Gasteiger partial charge in [-0.05, 0) is 67.1 Å². The number of likely N-dealkylation sites (tertiary alicyclic amines) is 1. The summed E-state index contributed by atoms with van der Waals surface area (Å²) in [7, 11) is 0. The van der Waals surface area contributed by atoms with Gasteiger partial charge in [0.2, 0.25) is 5.91 Å². The number of carbonyl (C=O) groups excluding carboxylic acids is 2. The van der Waals surface area contributed by atoms with Crippen LogP contribution in [0.5, 0.6) is 0 Å². The van der Waals surface area contributed by atoms with Crippen molar-refractivity contribution in [2.24, 2.45) is 5.92 Å². The van der Waals surface area contributed by atoms with Gasteiger partial charge in [0.05, 0.1) is 16.1 Å². The Hall–Kier alpha value is -3.65. The Morgan fingerprint density at radius 2 is 1.76 bits per heavy atom. The van der Waals surface area contributed by atoms with E-state index in [1.165, 1.54) is 16.5 Å². The number of amides is 2. The third-order valence-corrected chi connectivity index (χ3v) is 6.72. The van der Waals surface area contributed by atoms with Crippen molar-refractivity contribution in [1.82, 2.24) is 9.88 Å². The Morgan fingerprint density at radius 1 is 1.00 bits per heavy atom. The molecular formula is C25H19F2N3O2S. The summed E-state index contributed by atoms with van der Waals surface area (Å²) in [4.78, 5) is 31.0. The van der Waals surface area contributed by atoms with Gasteiger partial charge in [-0.1, -0.05) is 6.07 Å². The van der Waals surface area contributed by atoms with E-state index < -0.39 is 17.5 Å². The number of aromatic nitrogens is 1. The summed E-state index contributed by atoms with van der Waals surface area (Å²) in [6, 6.07) is 16.7. The molecule has 3 aromatic carbocycles. The molecule has 33 heavy (non-hydrogen) atoms. The van der Waals surface area contributed by atoms with Crippen molar-refractivity contribution in [1.29, 1.82) is 0 Å². The number of hydrogen-bond acceptors (Lipinski definition) is 4. The molecule has 0 spiro atoms. The molecule has 2 amide bonds. The van der Waals surface area contributed by atoms with E-state index in [-0.39, 0.29) is 30.5 Å². The predicted molar refractivity (Wildman–Crippen MR) is 124 cm³/mol. The summed E-state index contributed by atoms with van der Waals surface area (Å²) in [5, 5.41) is 3.78. The molecule has 4 aromatic rings. The number of benzene rings is 3. The normalized spacial score (nSPS) is 13.7. The summed E-state index contributed by atoms with van der Waals surface area (Å²) in [5.74, 6) is -3.04. The van der Waals surface area contributed by atoms with Crippen molar-refractivity contribution in [2.75, 3.05) is 18.4 Å². The molecule has 0 aliphatic carbocycles. The molecule has 5 nitrogen and oxygen atoms in total. The van der Waals surface area contributed by atoms with Crippen LogP contribution in [0.15, 0.2) is 60.7 Å². The van der Waals surface area contributed by atoms with Crippen LogP contribution in [0.4, 0.5) is 14.5 Å². The van der Waals surface area contributed by atoms with E-state index in [1.807, 2.05) is 36.4 Å². The highest BCUT2D eigenvalue weighted by molar-refractivity contribution is 7.21. The van der Waals surface area contributed by atoms with E-state index in [0.717, 1.165) is 32.9 Å². The molecule has 0 bridgehead atoms. The Labute approximate surface area is 192 Å². The molecule has 1 saturated heterocycles. The van der Waals surface area contributed by atoms with E-state index >= 15 is 0 Å². The van der Waals surface area contributed by atoms with Crippen LogP contribution < -0.4 is 5.32 Å². The maximum atomic E-state index is 13.4. The molecule has 0 atom stereocenters. The average Bonchev–Trinajstić information content (AvgIpc) is 3.18. The quantitative estimate of drug-likeness (QED) is 0.449. The first-order valence-corrected chi connectivity index (χ1v) is 11.2. The third-order valence-electron chi connectivity index (χ3n) is 5.65. The highest BCUT2D eigenvalue weighted by Crippen LogP contribution is 2.31. The summed E-state index contributed by atoms with van der Waals surface area (Å²) in [6.07, 6.45) is 0. The van der Waals surface area contributed by atoms with E-state index in [4.69, 9.17) is 0 Å². The minimum atomic E-state index is -1.07. The average molecular weight is 464 g/mol. The number of thiazole rings is 1. The van der Waals surface area contributed by atoms with Gasteiger partial charge < -0.3 is 10.2 Å². The second kappa shape index (κ2) is 8.37. The smallest absolute Gasteiger partial charge is 0.254 e. The lowest BCUT2D eigenvalue weighted by molar-refractivity contribution is -0.123. The molecule has 8 heteroatoms. The second-order valence-corrected chi connectivity index (χ2v) is 9.12. The molecule has 5 rings (SSSR count). The maximum Gasteiger partial charge on any atom is 0.254 e. The van der Waals surface area contributed by atoms with E-state index in [9.17, 15) is 18.4 Å². The van der Waals surface area contributed by atoms with E-state index in [2.05, 4.69) is 23.3 Å².